The number of hydrogen-bond donors (Lipinski definition) is 3. The minimum absolute atomic E-state index is 0.0991. The van der Waals surface area contributed by atoms with Gasteiger partial charge in [0.05, 0.1) is 16.6 Å². The number of amides is 4. The lowest BCUT2D eigenvalue weighted by molar-refractivity contribution is -0.136. The number of hydrogen-bond acceptors (Lipinski definition) is 13. The summed E-state index contributed by atoms with van der Waals surface area (Å²) >= 11 is 0. The van der Waals surface area contributed by atoms with E-state index in [2.05, 4.69) is 64.0 Å². The number of carbonyl (C=O) groups is 4. The molecular weight excluding hydrogens is 775 g/mol. The molecule has 10 rings (SSSR count). The number of aryl methyl sites for hydroxylation is 1. The molecule has 16 nitrogen and oxygen atoms in total. The zero-order valence-electron chi connectivity index (χ0n) is 33.7. The van der Waals surface area contributed by atoms with E-state index in [0.29, 0.717) is 28.8 Å². The molecule has 61 heavy (non-hydrogen) atoms. The van der Waals surface area contributed by atoms with Gasteiger partial charge >= 0.3 is 0 Å². The zero-order valence-corrected chi connectivity index (χ0v) is 33.7. The summed E-state index contributed by atoms with van der Waals surface area (Å²) in [6.45, 7) is 6.88. The van der Waals surface area contributed by atoms with Gasteiger partial charge in [-0.1, -0.05) is 0 Å². The molecule has 310 valence electrons. The first-order valence-corrected chi connectivity index (χ1v) is 20.9. The molecular formula is C45H45N11O5. The molecule has 3 fully saturated rings. The first-order chi connectivity index (χ1) is 29.7. The first-order valence-electron chi connectivity index (χ1n) is 20.9. The number of carbonyl (C=O) groups excluding carboxylic acids is 4. The molecule has 3 N–H and O–H groups in total. The highest BCUT2D eigenvalue weighted by Crippen LogP contribution is 2.34. The molecule has 1 atom stereocenters. The van der Waals surface area contributed by atoms with Crippen LogP contribution >= 0.6 is 0 Å². The summed E-state index contributed by atoms with van der Waals surface area (Å²) in [4.78, 5) is 69.9. The van der Waals surface area contributed by atoms with Crippen molar-refractivity contribution in [2.75, 3.05) is 48.3 Å². The van der Waals surface area contributed by atoms with Crippen molar-refractivity contribution in [3.05, 3.63) is 102 Å². The Morgan fingerprint density at radius 2 is 1.61 bits per heavy atom. The molecule has 0 spiro atoms. The van der Waals surface area contributed by atoms with Gasteiger partial charge in [0.2, 0.25) is 11.8 Å². The van der Waals surface area contributed by atoms with E-state index in [1.54, 1.807) is 23.0 Å². The van der Waals surface area contributed by atoms with Gasteiger partial charge in [-0.05, 0) is 111 Å². The van der Waals surface area contributed by atoms with Gasteiger partial charge in [0.1, 0.15) is 36.0 Å². The monoisotopic (exact) mass is 819 g/mol. The molecule has 7 heterocycles. The van der Waals surface area contributed by atoms with E-state index in [0.717, 1.165) is 114 Å². The lowest BCUT2D eigenvalue weighted by Gasteiger charge is -2.38. The SMILES string of the molecule is Cc1cc(Nc2ncnc3cc(NC4CCN(CC5CCN(c6ccc7c(c6)C(=O)N(C6CCC(=O)NC6=O)C7=O)CC5)CC4)ccc23)ccc1Oc1ccn2ncnc2c1. The van der Waals surface area contributed by atoms with E-state index < -0.39 is 23.8 Å². The third-order valence-electron chi connectivity index (χ3n) is 12.4. The molecule has 4 aliphatic rings. The van der Waals surface area contributed by atoms with Crippen LogP contribution in [0.4, 0.5) is 22.9 Å². The summed E-state index contributed by atoms with van der Waals surface area (Å²) < 4.78 is 7.85. The zero-order chi connectivity index (χ0) is 41.6. The maximum absolute atomic E-state index is 13.4. The van der Waals surface area contributed by atoms with Gasteiger partial charge in [0.25, 0.3) is 11.8 Å². The number of aromatic nitrogens is 5. The second kappa shape index (κ2) is 15.9. The molecule has 0 aliphatic carbocycles. The average Bonchev–Trinajstić information content (AvgIpc) is 3.83. The number of ether oxygens (including phenoxy) is 1. The Balaban J connectivity index is 0.696. The van der Waals surface area contributed by atoms with Gasteiger partial charge in [-0.15, -0.1) is 0 Å². The topological polar surface area (TPSA) is 179 Å². The Bertz CT molecular complexity index is 2700. The van der Waals surface area contributed by atoms with Crippen molar-refractivity contribution in [1.29, 1.82) is 0 Å². The number of nitrogens with one attached hydrogen (secondary N) is 3. The largest absolute Gasteiger partial charge is 0.457 e. The van der Waals surface area contributed by atoms with Gasteiger partial charge in [0.15, 0.2) is 5.65 Å². The second-order valence-corrected chi connectivity index (χ2v) is 16.4. The van der Waals surface area contributed by atoms with Crippen LogP contribution in [0.5, 0.6) is 11.5 Å². The van der Waals surface area contributed by atoms with Crippen LogP contribution in [0.25, 0.3) is 16.6 Å². The number of rotatable bonds is 10. The fourth-order valence-electron chi connectivity index (χ4n) is 9.10. The third-order valence-corrected chi connectivity index (χ3v) is 12.4. The lowest BCUT2D eigenvalue weighted by atomic mass is 9.94. The van der Waals surface area contributed by atoms with Crippen molar-refractivity contribution in [2.45, 2.75) is 57.5 Å². The maximum Gasteiger partial charge on any atom is 0.262 e. The summed E-state index contributed by atoms with van der Waals surface area (Å²) in [5.41, 5.74) is 6.04. The lowest BCUT2D eigenvalue weighted by Crippen LogP contribution is -2.54. The number of likely N-dealkylation sites (tertiary alicyclic amines) is 1. The minimum Gasteiger partial charge on any atom is -0.457 e. The normalized spacial score (nSPS) is 19.1. The van der Waals surface area contributed by atoms with Crippen LogP contribution < -0.4 is 25.6 Å². The van der Waals surface area contributed by atoms with Crippen LogP contribution in [-0.4, -0.2) is 103 Å². The highest BCUT2D eigenvalue weighted by molar-refractivity contribution is 6.23. The number of benzene rings is 3. The molecule has 0 radical (unpaired) electrons. The van der Waals surface area contributed by atoms with Crippen LogP contribution in [0.2, 0.25) is 0 Å². The van der Waals surface area contributed by atoms with Crippen molar-refractivity contribution >= 4 is 63.1 Å². The Labute approximate surface area is 351 Å². The van der Waals surface area contributed by atoms with Crippen molar-refractivity contribution in [2.24, 2.45) is 5.92 Å². The summed E-state index contributed by atoms with van der Waals surface area (Å²) in [7, 11) is 0. The van der Waals surface area contributed by atoms with Crippen LogP contribution in [0, 0.1) is 12.8 Å². The second-order valence-electron chi connectivity index (χ2n) is 16.4. The first kappa shape index (κ1) is 38.3. The predicted molar refractivity (Wildman–Crippen MR) is 228 cm³/mol. The summed E-state index contributed by atoms with van der Waals surface area (Å²) in [6.07, 6.45) is 9.37. The van der Waals surface area contributed by atoms with E-state index in [1.165, 1.54) is 6.33 Å². The summed E-state index contributed by atoms with van der Waals surface area (Å²) in [5, 5.41) is 14.6. The molecule has 0 saturated carbocycles. The highest BCUT2D eigenvalue weighted by Gasteiger charge is 2.45. The molecule has 3 aromatic carbocycles. The van der Waals surface area contributed by atoms with Crippen molar-refractivity contribution in [3.63, 3.8) is 0 Å². The third kappa shape index (κ3) is 7.70. The van der Waals surface area contributed by atoms with E-state index >= 15 is 0 Å². The van der Waals surface area contributed by atoms with Gasteiger partial charge in [-0.25, -0.2) is 19.5 Å². The molecule has 3 saturated heterocycles. The van der Waals surface area contributed by atoms with E-state index in [9.17, 15) is 19.2 Å². The molecule has 4 aliphatic heterocycles. The maximum atomic E-state index is 13.4. The van der Waals surface area contributed by atoms with Crippen LogP contribution in [0.3, 0.4) is 0 Å². The Morgan fingerprint density at radius 3 is 2.43 bits per heavy atom. The molecule has 0 bridgehead atoms. The molecule has 1 unspecified atom stereocenters. The highest BCUT2D eigenvalue weighted by atomic mass is 16.5. The Morgan fingerprint density at radius 1 is 0.787 bits per heavy atom. The Kier molecular flexibility index (Phi) is 9.99. The molecule has 16 heteroatoms. The predicted octanol–water partition coefficient (Wildman–Crippen LogP) is 5.71. The molecule has 6 aromatic rings. The minimum atomic E-state index is -0.964. The number of anilines is 4. The van der Waals surface area contributed by atoms with Crippen molar-refractivity contribution < 1.29 is 23.9 Å². The molecule has 3 aromatic heterocycles. The van der Waals surface area contributed by atoms with Crippen LogP contribution in [-0.2, 0) is 9.59 Å². The number of pyridine rings is 1. The summed E-state index contributed by atoms with van der Waals surface area (Å²) in [5.74, 6) is 0.827. The van der Waals surface area contributed by atoms with Gasteiger partial charge < -0.3 is 25.2 Å². The van der Waals surface area contributed by atoms with E-state index in [4.69, 9.17) is 4.74 Å². The van der Waals surface area contributed by atoms with Crippen molar-refractivity contribution in [3.8, 4) is 11.5 Å². The van der Waals surface area contributed by atoms with E-state index in [-0.39, 0.29) is 18.7 Å². The van der Waals surface area contributed by atoms with Gasteiger partial charge in [0, 0.05) is 79.9 Å². The van der Waals surface area contributed by atoms with Crippen LogP contribution in [0.1, 0.15) is 64.8 Å². The Hall–Kier alpha value is -6.94. The van der Waals surface area contributed by atoms with Gasteiger partial charge in [-0.2, -0.15) is 5.10 Å². The average molecular weight is 820 g/mol. The fraction of sp³-hybridized carbons (Fsp3) is 0.333. The summed E-state index contributed by atoms with van der Waals surface area (Å²) in [6, 6.07) is 20.7. The number of fused-ring (bicyclic) bond motifs is 3. The quantitative estimate of drug-likeness (QED) is 0.143. The van der Waals surface area contributed by atoms with Gasteiger partial charge in [-0.3, -0.25) is 29.4 Å². The fourth-order valence-corrected chi connectivity index (χ4v) is 9.10. The number of nitrogens with zero attached hydrogens (tertiary/aromatic N) is 8. The van der Waals surface area contributed by atoms with E-state index in [1.807, 2.05) is 49.5 Å². The van der Waals surface area contributed by atoms with Crippen LogP contribution in [0.15, 0.2) is 85.6 Å². The number of imide groups is 2. The molecule has 4 amide bonds. The standard InChI is InChI=1S/C45H45N11O5/c1-27-20-30(3-8-39(27)61-33-14-19-55-40(23-33)47-26-49-55)51-42-35-5-2-31(21-37(35)46-25-48-42)50-29-12-15-53(16-13-29)24-28-10-17-54(18-11-28)32-4-6-34-36(22-32)45(60)56(44(34)59)38-7-9-41(57)52-43(38)58/h2-6,8,14,19-23,25-26,28-29,38,50H,7,9-13,15-18,24H2,1H3,(H,46,48,51)(H,52,57,58). The number of piperidine rings is 3. The van der Waals surface area contributed by atoms with Crippen molar-refractivity contribution in [1.82, 2.24) is 39.7 Å². The smallest absolute Gasteiger partial charge is 0.262 e.